The highest BCUT2D eigenvalue weighted by atomic mass is 35.5. The Bertz CT molecular complexity index is 586. The molecule has 0 saturated heterocycles. The number of hydrogen-bond donors (Lipinski definition) is 0. The average Bonchev–Trinajstić information content (AvgIpc) is 2.38. The van der Waals surface area contributed by atoms with Gasteiger partial charge in [0, 0.05) is 12.6 Å². The lowest BCUT2D eigenvalue weighted by atomic mass is 10.2. The minimum absolute atomic E-state index is 0.324. The summed E-state index contributed by atoms with van der Waals surface area (Å²) in [5.41, 5.74) is 1.57. The molecule has 0 bridgehead atoms. The van der Waals surface area contributed by atoms with E-state index in [4.69, 9.17) is 11.6 Å². The van der Waals surface area contributed by atoms with Crippen molar-refractivity contribution < 1.29 is 9.18 Å². The molecule has 0 aromatic heterocycles. The fourth-order valence-electron chi connectivity index (χ4n) is 1.72. The molecule has 0 amide bonds. The van der Waals surface area contributed by atoms with Crippen LogP contribution >= 0.6 is 11.6 Å². The number of anilines is 2. The summed E-state index contributed by atoms with van der Waals surface area (Å²) in [6.07, 6.45) is 0.721. The lowest BCUT2D eigenvalue weighted by Gasteiger charge is -2.21. The van der Waals surface area contributed by atoms with Gasteiger partial charge in [0.05, 0.1) is 16.4 Å². The monoisotopic (exact) mass is 263 g/mol. The first-order valence-electron chi connectivity index (χ1n) is 5.36. The van der Waals surface area contributed by atoms with Gasteiger partial charge in [-0.25, -0.2) is 4.39 Å². The molecule has 2 nitrogen and oxygen atoms in total. The van der Waals surface area contributed by atoms with E-state index in [1.165, 1.54) is 6.07 Å². The van der Waals surface area contributed by atoms with Crippen molar-refractivity contribution in [2.45, 2.75) is 0 Å². The summed E-state index contributed by atoms with van der Waals surface area (Å²) >= 11 is 6.08. The third-order valence-corrected chi connectivity index (χ3v) is 2.99. The second-order valence-electron chi connectivity index (χ2n) is 3.84. The topological polar surface area (TPSA) is 20.3 Å². The Labute approximate surface area is 110 Å². The molecule has 2 rings (SSSR count). The molecule has 0 aliphatic heterocycles. The number of halogens is 2. The number of rotatable bonds is 3. The second kappa shape index (κ2) is 5.19. The molecule has 0 aliphatic carbocycles. The van der Waals surface area contributed by atoms with Crippen molar-refractivity contribution in [3.8, 4) is 0 Å². The van der Waals surface area contributed by atoms with Crippen LogP contribution in [0.2, 0.25) is 5.02 Å². The van der Waals surface area contributed by atoms with Crippen LogP contribution in [0, 0.1) is 5.82 Å². The predicted octanol–water partition coefficient (Wildman–Crippen LogP) is 4.06. The Hall–Kier alpha value is -1.87. The summed E-state index contributed by atoms with van der Waals surface area (Å²) in [5.74, 6) is -0.324. The van der Waals surface area contributed by atoms with E-state index in [1.54, 1.807) is 48.3 Å². The molecule has 0 fully saturated rings. The van der Waals surface area contributed by atoms with Crippen molar-refractivity contribution in [2.24, 2.45) is 0 Å². The summed E-state index contributed by atoms with van der Waals surface area (Å²) in [6.45, 7) is 0. The Kier molecular flexibility index (Phi) is 3.63. The van der Waals surface area contributed by atoms with Crippen molar-refractivity contribution in [2.75, 3.05) is 11.9 Å². The van der Waals surface area contributed by atoms with Gasteiger partial charge in [-0.15, -0.1) is 0 Å². The van der Waals surface area contributed by atoms with Crippen LogP contribution in [0.4, 0.5) is 15.8 Å². The van der Waals surface area contributed by atoms with Crippen molar-refractivity contribution in [1.82, 2.24) is 0 Å². The number of hydrogen-bond acceptors (Lipinski definition) is 2. The predicted molar refractivity (Wildman–Crippen MR) is 71.3 cm³/mol. The molecular weight excluding hydrogens is 253 g/mol. The van der Waals surface area contributed by atoms with E-state index in [0.29, 0.717) is 22.0 Å². The Balaban J connectivity index is 2.43. The maximum atomic E-state index is 13.7. The van der Waals surface area contributed by atoms with Crippen LogP contribution in [-0.4, -0.2) is 13.3 Å². The smallest absolute Gasteiger partial charge is 0.150 e. The fraction of sp³-hybridized carbons (Fsp3) is 0.0714. The maximum absolute atomic E-state index is 13.7. The van der Waals surface area contributed by atoms with E-state index in [0.717, 1.165) is 6.29 Å². The molecular formula is C14H11ClFNO. The summed E-state index contributed by atoms with van der Waals surface area (Å²) < 4.78 is 13.7. The van der Waals surface area contributed by atoms with Gasteiger partial charge in [-0.2, -0.15) is 0 Å². The lowest BCUT2D eigenvalue weighted by Crippen LogP contribution is -2.11. The zero-order valence-corrected chi connectivity index (χ0v) is 10.5. The van der Waals surface area contributed by atoms with Gasteiger partial charge in [0.25, 0.3) is 0 Å². The molecule has 0 radical (unpaired) electrons. The number of carbonyl (C=O) groups is 1. The molecule has 18 heavy (non-hydrogen) atoms. The Morgan fingerprint density at radius 3 is 2.50 bits per heavy atom. The first-order chi connectivity index (χ1) is 8.63. The quantitative estimate of drug-likeness (QED) is 0.779. The number of nitrogens with zero attached hydrogens (tertiary/aromatic N) is 1. The molecule has 0 aliphatic rings. The number of benzene rings is 2. The van der Waals surface area contributed by atoms with Crippen LogP contribution in [-0.2, 0) is 0 Å². The van der Waals surface area contributed by atoms with Gasteiger partial charge >= 0.3 is 0 Å². The van der Waals surface area contributed by atoms with E-state index in [1.807, 2.05) is 0 Å². The average molecular weight is 264 g/mol. The normalized spacial score (nSPS) is 10.2. The molecule has 92 valence electrons. The largest absolute Gasteiger partial charge is 0.341 e. The summed E-state index contributed by atoms with van der Waals surface area (Å²) in [7, 11) is 1.72. The van der Waals surface area contributed by atoms with Crippen molar-refractivity contribution in [3.63, 3.8) is 0 Å². The van der Waals surface area contributed by atoms with Crippen LogP contribution in [0.15, 0.2) is 42.5 Å². The third kappa shape index (κ3) is 2.36. The van der Waals surface area contributed by atoms with Gasteiger partial charge in [-0.3, -0.25) is 4.79 Å². The van der Waals surface area contributed by atoms with Gasteiger partial charge in [-0.1, -0.05) is 23.7 Å². The minimum Gasteiger partial charge on any atom is -0.341 e. The number of aldehydes is 1. The number of carbonyl (C=O) groups excluding carboxylic acids is 1. The first kappa shape index (κ1) is 12.6. The highest BCUT2D eigenvalue weighted by Gasteiger charge is 2.12. The molecule has 2 aromatic carbocycles. The number of para-hydroxylation sites is 1. The van der Waals surface area contributed by atoms with Crippen molar-refractivity contribution in [3.05, 3.63) is 58.9 Å². The fourth-order valence-corrected chi connectivity index (χ4v) is 2.04. The van der Waals surface area contributed by atoms with Gasteiger partial charge in [-0.05, 0) is 30.3 Å². The van der Waals surface area contributed by atoms with E-state index in [-0.39, 0.29) is 5.82 Å². The van der Waals surface area contributed by atoms with E-state index in [2.05, 4.69) is 0 Å². The zero-order chi connectivity index (χ0) is 13.1. The first-order valence-corrected chi connectivity index (χ1v) is 5.74. The molecule has 0 spiro atoms. The summed E-state index contributed by atoms with van der Waals surface area (Å²) in [4.78, 5) is 12.3. The summed E-state index contributed by atoms with van der Waals surface area (Å²) in [6, 6.07) is 11.3. The molecule has 0 unspecified atom stereocenters. The SMILES string of the molecule is CN(c1ccccc1F)c1ccc(C=O)cc1Cl. The van der Waals surface area contributed by atoms with Crippen LogP contribution in [0.1, 0.15) is 10.4 Å². The highest BCUT2D eigenvalue weighted by molar-refractivity contribution is 6.33. The molecule has 0 N–H and O–H groups in total. The van der Waals surface area contributed by atoms with Gasteiger partial charge in [0.15, 0.2) is 0 Å². The van der Waals surface area contributed by atoms with Gasteiger partial charge < -0.3 is 4.90 Å². The van der Waals surface area contributed by atoms with Crippen LogP contribution in [0.3, 0.4) is 0 Å². The lowest BCUT2D eigenvalue weighted by molar-refractivity contribution is 0.112. The molecule has 0 saturated carbocycles. The maximum Gasteiger partial charge on any atom is 0.150 e. The van der Waals surface area contributed by atoms with Gasteiger partial charge in [0.2, 0.25) is 0 Å². The Morgan fingerprint density at radius 2 is 1.89 bits per heavy atom. The highest BCUT2D eigenvalue weighted by Crippen LogP contribution is 2.32. The molecule has 0 atom stereocenters. The van der Waals surface area contributed by atoms with Crippen LogP contribution in [0.5, 0.6) is 0 Å². The van der Waals surface area contributed by atoms with Crippen molar-refractivity contribution in [1.29, 1.82) is 0 Å². The van der Waals surface area contributed by atoms with Crippen molar-refractivity contribution >= 4 is 29.3 Å². The van der Waals surface area contributed by atoms with Gasteiger partial charge in [0.1, 0.15) is 12.1 Å². The van der Waals surface area contributed by atoms with Crippen LogP contribution in [0.25, 0.3) is 0 Å². The van der Waals surface area contributed by atoms with Crippen LogP contribution < -0.4 is 4.90 Å². The summed E-state index contributed by atoms with van der Waals surface area (Å²) in [5, 5.41) is 0.408. The molecule has 2 aromatic rings. The van der Waals surface area contributed by atoms with E-state index < -0.39 is 0 Å². The second-order valence-corrected chi connectivity index (χ2v) is 4.25. The minimum atomic E-state index is -0.324. The zero-order valence-electron chi connectivity index (χ0n) is 9.73. The molecule has 0 heterocycles. The van der Waals surface area contributed by atoms with E-state index in [9.17, 15) is 9.18 Å². The van der Waals surface area contributed by atoms with E-state index >= 15 is 0 Å². The Morgan fingerprint density at radius 1 is 1.17 bits per heavy atom. The third-order valence-electron chi connectivity index (χ3n) is 2.68. The standard InChI is InChI=1S/C14H11ClFNO/c1-17(14-5-3-2-4-12(14)16)13-7-6-10(9-18)8-11(13)15/h2-9H,1H3. The molecule has 4 heteroatoms.